The number of hydrogen-bond acceptors (Lipinski definition) is 2. The molecular weight excluding hydrogens is 216 g/mol. The predicted molar refractivity (Wildman–Crippen MR) is 68.4 cm³/mol. The lowest BCUT2D eigenvalue weighted by Gasteiger charge is -2.13. The zero-order chi connectivity index (χ0) is 13.2. The highest BCUT2D eigenvalue weighted by Gasteiger charge is 2.12. The first-order valence-corrected chi connectivity index (χ1v) is 5.44. The maximum absolute atomic E-state index is 11.0. The molecule has 0 aromatic heterocycles. The van der Waals surface area contributed by atoms with Crippen molar-refractivity contribution in [3.8, 4) is 5.75 Å². The van der Waals surface area contributed by atoms with Crippen LogP contribution >= 0.6 is 0 Å². The van der Waals surface area contributed by atoms with Gasteiger partial charge in [-0.2, -0.15) is 0 Å². The number of benzene rings is 1. The van der Waals surface area contributed by atoms with Gasteiger partial charge in [0.05, 0.1) is 7.11 Å². The van der Waals surface area contributed by atoms with Crippen LogP contribution in [0.25, 0.3) is 5.57 Å². The first-order chi connectivity index (χ1) is 7.88. The smallest absolute Gasteiger partial charge is 0.331 e. The number of aryl methyl sites for hydroxylation is 2. The average molecular weight is 234 g/mol. The van der Waals surface area contributed by atoms with Crippen LogP contribution < -0.4 is 4.74 Å². The second-order valence-electron chi connectivity index (χ2n) is 4.19. The Morgan fingerprint density at radius 3 is 2.18 bits per heavy atom. The Hall–Kier alpha value is -1.77. The zero-order valence-electron chi connectivity index (χ0n) is 10.9. The molecule has 0 heterocycles. The van der Waals surface area contributed by atoms with E-state index >= 15 is 0 Å². The number of allylic oxidation sites excluding steroid dienone is 1. The highest BCUT2D eigenvalue weighted by Crippen LogP contribution is 2.30. The Balaban J connectivity index is 3.45. The second kappa shape index (κ2) is 5.04. The number of ether oxygens (including phenoxy) is 1. The molecule has 0 atom stereocenters. The molecule has 1 rings (SSSR count). The predicted octanol–water partition coefficient (Wildman–Crippen LogP) is 3.19. The minimum Gasteiger partial charge on any atom is -0.496 e. The van der Waals surface area contributed by atoms with Crippen molar-refractivity contribution in [1.29, 1.82) is 0 Å². The van der Waals surface area contributed by atoms with Crippen LogP contribution in [-0.4, -0.2) is 18.2 Å². The van der Waals surface area contributed by atoms with Crippen molar-refractivity contribution in [2.45, 2.75) is 27.7 Å². The summed E-state index contributed by atoms with van der Waals surface area (Å²) in [5.74, 6) is -0.186. The van der Waals surface area contributed by atoms with Crippen molar-refractivity contribution in [3.05, 3.63) is 34.4 Å². The Labute approximate surface area is 102 Å². The van der Waals surface area contributed by atoms with Crippen LogP contribution in [0, 0.1) is 13.8 Å². The minimum atomic E-state index is -0.900. The third kappa shape index (κ3) is 2.67. The zero-order valence-corrected chi connectivity index (χ0v) is 10.9. The van der Waals surface area contributed by atoms with E-state index in [9.17, 15) is 4.79 Å². The van der Waals surface area contributed by atoms with Gasteiger partial charge in [0.1, 0.15) is 5.75 Å². The van der Waals surface area contributed by atoms with Gasteiger partial charge in [-0.1, -0.05) is 0 Å². The van der Waals surface area contributed by atoms with E-state index in [0.29, 0.717) is 11.3 Å². The lowest BCUT2D eigenvalue weighted by atomic mass is 9.97. The van der Waals surface area contributed by atoms with E-state index in [1.54, 1.807) is 21.0 Å². The van der Waals surface area contributed by atoms with Gasteiger partial charge in [0.25, 0.3) is 0 Å². The molecule has 3 heteroatoms. The highest BCUT2D eigenvalue weighted by molar-refractivity contribution is 5.96. The SMILES string of the molecule is COc1cc(C)c(C)cc1C(C)=C(C)C(=O)O. The summed E-state index contributed by atoms with van der Waals surface area (Å²) in [6.45, 7) is 7.41. The molecule has 0 aliphatic carbocycles. The van der Waals surface area contributed by atoms with Gasteiger partial charge in [-0.05, 0) is 56.5 Å². The lowest BCUT2D eigenvalue weighted by molar-refractivity contribution is -0.132. The summed E-state index contributed by atoms with van der Waals surface area (Å²) in [5, 5.41) is 9.00. The van der Waals surface area contributed by atoms with Gasteiger partial charge in [0, 0.05) is 11.1 Å². The summed E-state index contributed by atoms with van der Waals surface area (Å²) in [6, 6.07) is 3.90. The Morgan fingerprint density at radius 1 is 1.18 bits per heavy atom. The van der Waals surface area contributed by atoms with Crippen molar-refractivity contribution in [1.82, 2.24) is 0 Å². The summed E-state index contributed by atoms with van der Waals surface area (Å²) in [5.41, 5.74) is 4.17. The molecule has 0 saturated heterocycles. The fourth-order valence-corrected chi connectivity index (χ4v) is 1.61. The molecule has 0 radical (unpaired) electrons. The summed E-state index contributed by atoms with van der Waals surface area (Å²) in [6.07, 6.45) is 0. The average Bonchev–Trinajstić information content (AvgIpc) is 2.29. The molecular formula is C14H18O3. The summed E-state index contributed by atoms with van der Waals surface area (Å²) in [7, 11) is 1.59. The van der Waals surface area contributed by atoms with Gasteiger partial charge >= 0.3 is 5.97 Å². The third-order valence-corrected chi connectivity index (χ3v) is 3.10. The molecule has 3 nitrogen and oxygen atoms in total. The maximum atomic E-state index is 11.0. The van der Waals surface area contributed by atoms with Crippen molar-refractivity contribution in [3.63, 3.8) is 0 Å². The molecule has 0 fully saturated rings. The maximum Gasteiger partial charge on any atom is 0.331 e. The number of carboxylic acid groups (broad SMARTS) is 1. The van der Waals surface area contributed by atoms with Crippen LogP contribution in [-0.2, 0) is 4.79 Å². The molecule has 0 bridgehead atoms. The lowest BCUT2D eigenvalue weighted by Crippen LogP contribution is -2.01. The Morgan fingerprint density at radius 2 is 1.71 bits per heavy atom. The van der Waals surface area contributed by atoms with Crippen LogP contribution in [0.4, 0.5) is 0 Å². The van der Waals surface area contributed by atoms with Gasteiger partial charge < -0.3 is 9.84 Å². The highest BCUT2D eigenvalue weighted by atomic mass is 16.5. The van der Waals surface area contributed by atoms with Gasteiger partial charge in [-0.3, -0.25) is 0 Å². The molecule has 17 heavy (non-hydrogen) atoms. The molecule has 92 valence electrons. The number of hydrogen-bond donors (Lipinski definition) is 1. The van der Waals surface area contributed by atoms with E-state index in [1.807, 2.05) is 26.0 Å². The van der Waals surface area contributed by atoms with Crippen LogP contribution in [0.15, 0.2) is 17.7 Å². The number of methoxy groups -OCH3 is 1. The molecule has 0 aliphatic rings. The van der Waals surface area contributed by atoms with E-state index < -0.39 is 5.97 Å². The number of carbonyl (C=O) groups is 1. The minimum absolute atomic E-state index is 0.339. The van der Waals surface area contributed by atoms with Gasteiger partial charge in [-0.15, -0.1) is 0 Å². The van der Waals surface area contributed by atoms with E-state index in [-0.39, 0.29) is 0 Å². The van der Waals surface area contributed by atoms with Crippen LogP contribution in [0.3, 0.4) is 0 Å². The number of aliphatic carboxylic acids is 1. The van der Waals surface area contributed by atoms with Crippen molar-refractivity contribution in [2.24, 2.45) is 0 Å². The summed E-state index contributed by atoms with van der Waals surface area (Å²) in [4.78, 5) is 11.0. The normalized spacial score (nSPS) is 12.1. The molecule has 0 spiro atoms. The molecule has 1 N–H and O–H groups in total. The Kier molecular flexibility index (Phi) is 3.94. The summed E-state index contributed by atoms with van der Waals surface area (Å²) >= 11 is 0. The molecule has 0 aliphatic heterocycles. The van der Waals surface area contributed by atoms with E-state index in [1.165, 1.54) is 0 Å². The third-order valence-electron chi connectivity index (χ3n) is 3.10. The first-order valence-electron chi connectivity index (χ1n) is 5.44. The van der Waals surface area contributed by atoms with E-state index in [0.717, 1.165) is 22.3 Å². The van der Waals surface area contributed by atoms with Crippen molar-refractivity contribution >= 4 is 11.5 Å². The number of carboxylic acids is 1. The molecule has 1 aromatic rings. The first kappa shape index (κ1) is 13.3. The number of rotatable bonds is 3. The van der Waals surface area contributed by atoms with Crippen molar-refractivity contribution in [2.75, 3.05) is 7.11 Å². The largest absolute Gasteiger partial charge is 0.496 e. The van der Waals surface area contributed by atoms with Gasteiger partial charge in [0.15, 0.2) is 0 Å². The monoisotopic (exact) mass is 234 g/mol. The van der Waals surface area contributed by atoms with Gasteiger partial charge in [0.2, 0.25) is 0 Å². The van der Waals surface area contributed by atoms with Crippen LogP contribution in [0.1, 0.15) is 30.5 Å². The second-order valence-corrected chi connectivity index (χ2v) is 4.19. The molecule has 1 aromatic carbocycles. The standard InChI is InChI=1S/C14H18O3/c1-8-6-12(10(3)11(4)14(15)16)13(17-5)7-9(8)2/h6-7H,1-5H3,(H,15,16). The van der Waals surface area contributed by atoms with E-state index in [4.69, 9.17) is 9.84 Å². The van der Waals surface area contributed by atoms with Gasteiger partial charge in [-0.25, -0.2) is 4.79 Å². The van der Waals surface area contributed by atoms with E-state index in [2.05, 4.69) is 0 Å². The molecule has 0 amide bonds. The molecule has 0 saturated carbocycles. The topological polar surface area (TPSA) is 46.5 Å². The van der Waals surface area contributed by atoms with Crippen LogP contribution in [0.5, 0.6) is 5.75 Å². The Bertz CT molecular complexity index is 484. The van der Waals surface area contributed by atoms with Crippen molar-refractivity contribution < 1.29 is 14.6 Å². The summed E-state index contributed by atoms with van der Waals surface area (Å²) < 4.78 is 5.31. The van der Waals surface area contributed by atoms with Crippen LogP contribution in [0.2, 0.25) is 0 Å². The molecule has 0 unspecified atom stereocenters. The fraction of sp³-hybridized carbons (Fsp3) is 0.357. The quantitative estimate of drug-likeness (QED) is 0.817. The fourth-order valence-electron chi connectivity index (χ4n) is 1.61.